The summed E-state index contributed by atoms with van der Waals surface area (Å²) in [6, 6.07) is 19.2. The number of amides is 1. The van der Waals surface area contributed by atoms with Gasteiger partial charge in [0.05, 0.1) is 24.2 Å². The first kappa shape index (κ1) is 23.0. The zero-order valence-corrected chi connectivity index (χ0v) is 18.8. The topological polar surface area (TPSA) is 105 Å². The van der Waals surface area contributed by atoms with E-state index in [1.807, 2.05) is 37.3 Å². The number of phenolic OH excluding ortho intramolecular Hbond substituents is 1. The predicted molar refractivity (Wildman–Crippen MR) is 125 cm³/mol. The zero-order valence-electron chi connectivity index (χ0n) is 17.2. The lowest BCUT2D eigenvalue weighted by molar-refractivity contribution is -0.123. The molecule has 9 heteroatoms. The number of phenols is 1. The molecule has 0 fully saturated rings. The fourth-order valence-corrected chi connectivity index (χ4v) is 2.94. The molecule has 8 nitrogen and oxygen atoms in total. The van der Waals surface area contributed by atoms with Crippen LogP contribution in [0.4, 0.5) is 11.4 Å². The van der Waals surface area contributed by atoms with E-state index in [-0.39, 0.29) is 12.4 Å². The predicted octanol–water partition coefficient (Wildman–Crippen LogP) is 5.50. The van der Waals surface area contributed by atoms with Crippen molar-refractivity contribution in [2.45, 2.75) is 6.92 Å². The van der Waals surface area contributed by atoms with Crippen molar-refractivity contribution < 1.29 is 19.4 Å². The fourth-order valence-electron chi connectivity index (χ4n) is 2.55. The van der Waals surface area contributed by atoms with E-state index in [2.05, 4.69) is 36.7 Å². The van der Waals surface area contributed by atoms with Crippen molar-refractivity contribution >= 4 is 39.4 Å². The Morgan fingerprint density at radius 3 is 2.44 bits per heavy atom. The van der Waals surface area contributed by atoms with E-state index in [9.17, 15) is 9.90 Å². The van der Waals surface area contributed by atoms with E-state index < -0.39 is 5.91 Å². The van der Waals surface area contributed by atoms with Crippen molar-refractivity contribution in [3.63, 3.8) is 0 Å². The van der Waals surface area contributed by atoms with Crippen molar-refractivity contribution in [3.05, 3.63) is 76.8 Å². The third kappa shape index (κ3) is 6.92. The van der Waals surface area contributed by atoms with Crippen LogP contribution in [0.25, 0.3) is 0 Å². The third-order valence-electron chi connectivity index (χ3n) is 4.00. The molecule has 0 aliphatic carbocycles. The lowest BCUT2D eigenvalue weighted by Gasteiger charge is -2.10. The SMILES string of the molecule is CCOc1ccccc1OCC(=O)NN=Cc1cc(N=Nc2cccc(Br)c2)ccc1O. The number of ether oxygens (including phenoxy) is 2. The van der Waals surface area contributed by atoms with Crippen LogP contribution < -0.4 is 14.9 Å². The number of nitrogens with one attached hydrogen (secondary N) is 1. The molecule has 0 aromatic heterocycles. The van der Waals surface area contributed by atoms with Crippen LogP contribution in [0.5, 0.6) is 17.2 Å². The highest BCUT2D eigenvalue weighted by atomic mass is 79.9. The fraction of sp³-hybridized carbons (Fsp3) is 0.130. The molecule has 0 unspecified atom stereocenters. The smallest absolute Gasteiger partial charge is 0.277 e. The van der Waals surface area contributed by atoms with Crippen molar-refractivity contribution in [1.82, 2.24) is 5.43 Å². The third-order valence-corrected chi connectivity index (χ3v) is 4.49. The Morgan fingerprint density at radius 2 is 1.72 bits per heavy atom. The molecule has 164 valence electrons. The van der Waals surface area contributed by atoms with Gasteiger partial charge in [0.15, 0.2) is 18.1 Å². The molecule has 0 heterocycles. The molecule has 3 aromatic carbocycles. The average Bonchev–Trinajstić information content (AvgIpc) is 2.79. The molecule has 0 spiro atoms. The van der Waals surface area contributed by atoms with Crippen LogP contribution >= 0.6 is 15.9 Å². The molecular formula is C23H21BrN4O4. The molecule has 0 saturated heterocycles. The van der Waals surface area contributed by atoms with Gasteiger partial charge in [-0.3, -0.25) is 4.79 Å². The lowest BCUT2D eigenvalue weighted by Crippen LogP contribution is -2.24. The summed E-state index contributed by atoms with van der Waals surface area (Å²) in [4.78, 5) is 12.0. The number of carbonyl (C=O) groups is 1. The average molecular weight is 497 g/mol. The summed E-state index contributed by atoms with van der Waals surface area (Å²) in [7, 11) is 0. The van der Waals surface area contributed by atoms with E-state index in [0.717, 1.165) is 4.47 Å². The molecule has 3 aromatic rings. The normalized spacial score (nSPS) is 11.1. The van der Waals surface area contributed by atoms with Gasteiger partial charge in [0, 0.05) is 10.0 Å². The van der Waals surface area contributed by atoms with E-state index in [1.165, 1.54) is 12.3 Å². The number of azo groups is 1. The first-order valence-corrected chi connectivity index (χ1v) is 10.5. The number of hydrazone groups is 1. The zero-order chi connectivity index (χ0) is 22.8. The number of hydrogen-bond donors (Lipinski definition) is 2. The summed E-state index contributed by atoms with van der Waals surface area (Å²) in [6.45, 7) is 2.11. The summed E-state index contributed by atoms with van der Waals surface area (Å²) in [6.07, 6.45) is 1.32. The molecule has 3 rings (SSSR count). The molecule has 32 heavy (non-hydrogen) atoms. The number of carbonyl (C=O) groups excluding carboxylic acids is 1. The standard InChI is InChI=1S/C23H21BrN4O4/c1-2-31-21-8-3-4-9-22(21)32-15-23(30)28-25-14-16-12-19(10-11-20(16)29)27-26-18-7-5-6-17(24)13-18/h3-14,29H,2,15H2,1H3,(H,28,30). The number of nitrogens with zero attached hydrogens (tertiary/aromatic N) is 3. The van der Waals surface area contributed by atoms with Crippen LogP contribution in [-0.2, 0) is 4.79 Å². The summed E-state index contributed by atoms with van der Waals surface area (Å²) < 4.78 is 11.8. The minimum absolute atomic E-state index is 0.00806. The molecule has 0 atom stereocenters. The summed E-state index contributed by atoms with van der Waals surface area (Å²) >= 11 is 3.38. The van der Waals surface area contributed by atoms with Gasteiger partial charge in [-0.1, -0.05) is 34.1 Å². The Morgan fingerprint density at radius 1 is 1.00 bits per heavy atom. The van der Waals surface area contributed by atoms with Gasteiger partial charge < -0.3 is 14.6 Å². The van der Waals surface area contributed by atoms with Gasteiger partial charge in [0.25, 0.3) is 5.91 Å². The van der Waals surface area contributed by atoms with E-state index >= 15 is 0 Å². The second kappa shape index (κ2) is 11.6. The Bertz CT molecular complexity index is 1130. The van der Waals surface area contributed by atoms with Crippen molar-refractivity contribution in [2.24, 2.45) is 15.3 Å². The number of halogens is 1. The van der Waals surface area contributed by atoms with Crippen LogP contribution in [0.3, 0.4) is 0 Å². The monoisotopic (exact) mass is 496 g/mol. The number of hydrogen-bond acceptors (Lipinski definition) is 7. The molecule has 1 amide bonds. The first-order chi connectivity index (χ1) is 15.5. The Kier molecular flexibility index (Phi) is 8.33. The molecule has 2 N–H and O–H groups in total. The summed E-state index contributed by atoms with van der Waals surface area (Å²) in [5.41, 5.74) is 3.93. The van der Waals surface area contributed by atoms with Crippen LogP contribution in [0.2, 0.25) is 0 Å². The molecule has 0 radical (unpaired) electrons. The summed E-state index contributed by atoms with van der Waals surface area (Å²) in [5.74, 6) is 0.559. The quantitative estimate of drug-likeness (QED) is 0.232. The first-order valence-electron chi connectivity index (χ1n) is 9.72. The Hall–Kier alpha value is -3.72. The maximum Gasteiger partial charge on any atom is 0.277 e. The second-order valence-electron chi connectivity index (χ2n) is 6.38. The number of benzene rings is 3. The maximum atomic E-state index is 12.0. The maximum absolute atomic E-state index is 12.0. The van der Waals surface area contributed by atoms with Gasteiger partial charge >= 0.3 is 0 Å². The van der Waals surface area contributed by atoms with Gasteiger partial charge in [-0.2, -0.15) is 15.3 Å². The van der Waals surface area contributed by atoms with Crippen LogP contribution in [0, 0.1) is 0 Å². The molecular weight excluding hydrogens is 476 g/mol. The number of aromatic hydroxyl groups is 1. The van der Waals surface area contributed by atoms with Gasteiger partial charge in [-0.15, -0.1) is 0 Å². The number of rotatable bonds is 9. The largest absolute Gasteiger partial charge is 0.507 e. The number of para-hydroxylation sites is 2. The van der Waals surface area contributed by atoms with Crippen molar-refractivity contribution in [1.29, 1.82) is 0 Å². The molecule has 0 bridgehead atoms. The van der Waals surface area contributed by atoms with Crippen LogP contribution in [0.1, 0.15) is 12.5 Å². The minimum Gasteiger partial charge on any atom is -0.507 e. The lowest BCUT2D eigenvalue weighted by atomic mass is 10.2. The molecule has 0 aliphatic rings. The second-order valence-corrected chi connectivity index (χ2v) is 7.30. The highest BCUT2D eigenvalue weighted by Crippen LogP contribution is 2.26. The Balaban J connectivity index is 1.58. The van der Waals surface area contributed by atoms with Crippen LogP contribution in [0.15, 0.2) is 86.5 Å². The van der Waals surface area contributed by atoms with Gasteiger partial charge in [0.2, 0.25) is 0 Å². The van der Waals surface area contributed by atoms with Gasteiger partial charge in [-0.05, 0) is 55.5 Å². The minimum atomic E-state index is -0.461. The van der Waals surface area contributed by atoms with E-state index in [4.69, 9.17) is 9.47 Å². The van der Waals surface area contributed by atoms with Crippen molar-refractivity contribution in [2.75, 3.05) is 13.2 Å². The van der Waals surface area contributed by atoms with Gasteiger partial charge in [0.1, 0.15) is 5.75 Å². The highest BCUT2D eigenvalue weighted by Gasteiger charge is 2.07. The highest BCUT2D eigenvalue weighted by molar-refractivity contribution is 9.10. The van der Waals surface area contributed by atoms with Crippen LogP contribution in [-0.4, -0.2) is 30.4 Å². The Labute approximate surface area is 193 Å². The molecule has 0 aliphatic heterocycles. The van der Waals surface area contributed by atoms with E-state index in [0.29, 0.717) is 35.0 Å². The summed E-state index contributed by atoms with van der Waals surface area (Å²) in [5, 5.41) is 22.2. The molecule has 0 saturated carbocycles. The van der Waals surface area contributed by atoms with Crippen molar-refractivity contribution in [3.8, 4) is 17.2 Å². The van der Waals surface area contributed by atoms with E-state index in [1.54, 1.807) is 30.3 Å². The van der Waals surface area contributed by atoms with Gasteiger partial charge in [-0.25, -0.2) is 5.43 Å².